The monoisotopic (exact) mass is 668 g/mol. The second kappa shape index (κ2) is 16.3. The standard InChI is InChI=1S/C19H26N4O.3C2HF3O2/c1-21-13-17(12-20-21)14-22-10-11-24-19(15-22)8-5-9-23(16-19)18-6-3-2-4-7-18;3*3-2(4,5)1(6)7/h2-4,6-7,12-13H,5,8-11,14-16H2,1H3;3*(H,6,7). The van der Waals surface area contributed by atoms with Crippen LogP contribution in [0.2, 0.25) is 0 Å². The number of rotatable bonds is 3. The van der Waals surface area contributed by atoms with Gasteiger partial charge in [0.25, 0.3) is 0 Å². The highest BCUT2D eigenvalue weighted by molar-refractivity contribution is 5.73. The van der Waals surface area contributed by atoms with E-state index in [0.29, 0.717) is 0 Å². The van der Waals surface area contributed by atoms with E-state index in [9.17, 15) is 39.5 Å². The van der Waals surface area contributed by atoms with Gasteiger partial charge in [0, 0.05) is 57.2 Å². The van der Waals surface area contributed by atoms with E-state index in [1.165, 1.54) is 17.7 Å². The topological polar surface area (TPSA) is 145 Å². The third-order valence-electron chi connectivity index (χ3n) is 5.88. The summed E-state index contributed by atoms with van der Waals surface area (Å²) in [4.78, 5) is 31.7. The van der Waals surface area contributed by atoms with Crippen molar-refractivity contribution in [3.63, 3.8) is 0 Å². The van der Waals surface area contributed by atoms with Gasteiger partial charge in [0.05, 0.1) is 18.4 Å². The number of aromatic nitrogens is 2. The van der Waals surface area contributed by atoms with Crippen LogP contribution in [0.4, 0.5) is 45.2 Å². The molecule has 11 nitrogen and oxygen atoms in total. The fourth-order valence-electron chi connectivity index (χ4n) is 4.07. The Morgan fingerprint density at radius 1 is 0.844 bits per heavy atom. The molecule has 3 heterocycles. The average Bonchev–Trinajstić information content (AvgIpc) is 3.33. The minimum Gasteiger partial charge on any atom is -0.475 e. The lowest BCUT2D eigenvalue weighted by Crippen LogP contribution is -2.59. The molecule has 0 saturated carbocycles. The molecule has 0 bridgehead atoms. The molecule has 45 heavy (non-hydrogen) atoms. The molecule has 4 rings (SSSR count). The molecule has 2 saturated heterocycles. The van der Waals surface area contributed by atoms with Crippen LogP contribution in [0.3, 0.4) is 0 Å². The highest BCUT2D eigenvalue weighted by Gasteiger charge is 2.41. The first-order chi connectivity index (χ1) is 20.6. The van der Waals surface area contributed by atoms with Gasteiger partial charge in [-0.05, 0) is 25.0 Å². The fraction of sp³-hybridized carbons (Fsp3) is 0.520. The number of nitrogens with zero attached hydrogens (tertiary/aromatic N) is 4. The number of benzene rings is 1. The smallest absolute Gasteiger partial charge is 0.475 e. The Kier molecular flexibility index (Phi) is 14.1. The fourth-order valence-corrected chi connectivity index (χ4v) is 4.07. The van der Waals surface area contributed by atoms with Crippen LogP contribution in [0.1, 0.15) is 18.4 Å². The van der Waals surface area contributed by atoms with Crippen LogP contribution in [0.15, 0.2) is 42.7 Å². The van der Waals surface area contributed by atoms with Crippen LogP contribution < -0.4 is 4.90 Å². The number of aliphatic carboxylic acids is 3. The summed E-state index contributed by atoms with van der Waals surface area (Å²) in [5.74, 6) is -8.27. The van der Waals surface area contributed by atoms with Crippen molar-refractivity contribution in [1.82, 2.24) is 14.7 Å². The number of para-hydroxylation sites is 1. The van der Waals surface area contributed by atoms with Crippen molar-refractivity contribution < 1.29 is 74.0 Å². The maximum absolute atomic E-state index is 10.6. The number of carboxylic acid groups (broad SMARTS) is 3. The first-order valence-electron chi connectivity index (χ1n) is 12.6. The maximum Gasteiger partial charge on any atom is 0.490 e. The third kappa shape index (κ3) is 14.5. The number of piperidine rings is 1. The van der Waals surface area contributed by atoms with E-state index in [4.69, 9.17) is 34.4 Å². The van der Waals surface area contributed by atoms with Crippen LogP contribution >= 0.6 is 0 Å². The normalized spacial score (nSPS) is 18.8. The van der Waals surface area contributed by atoms with Gasteiger partial charge in [0.15, 0.2) is 0 Å². The molecular weight excluding hydrogens is 639 g/mol. The number of hydrogen-bond acceptors (Lipinski definition) is 7. The lowest BCUT2D eigenvalue weighted by molar-refractivity contribution is -0.193. The molecule has 2 aliphatic heterocycles. The Bertz CT molecular complexity index is 1180. The van der Waals surface area contributed by atoms with Crippen molar-refractivity contribution in [3.05, 3.63) is 48.3 Å². The number of aryl methyl sites for hydroxylation is 1. The van der Waals surface area contributed by atoms with Crippen molar-refractivity contribution in [2.24, 2.45) is 7.05 Å². The number of ether oxygens (including phenoxy) is 1. The molecule has 2 aliphatic rings. The molecular formula is C25H29F9N4O7. The van der Waals surface area contributed by atoms with Gasteiger partial charge in [-0.25, -0.2) is 14.4 Å². The summed E-state index contributed by atoms with van der Waals surface area (Å²) >= 11 is 0. The molecule has 0 radical (unpaired) electrons. The van der Waals surface area contributed by atoms with Gasteiger partial charge in [0.1, 0.15) is 0 Å². The maximum atomic E-state index is 10.6. The van der Waals surface area contributed by atoms with Crippen LogP contribution in [0.5, 0.6) is 0 Å². The molecule has 1 aromatic carbocycles. The Morgan fingerprint density at radius 2 is 1.33 bits per heavy atom. The SMILES string of the molecule is Cn1cc(CN2CCOC3(CCCN(c4ccccc4)C3)C2)cn1.O=C(O)C(F)(F)F.O=C(O)C(F)(F)F.O=C(O)C(F)(F)F. The lowest BCUT2D eigenvalue weighted by atomic mass is 9.90. The summed E-state index contributed by atoms with van der Waals surface area (Å²) in [6, 6.07) is 10.7. The van der Waals surface area contributed by atoms with Gasteiger partial charge < -0.3 is 25.0 Å². The van der Waals surface area contributed by atoms with Crippen LogP contribution in [0, 0.1) is 0 Å². The van der Waals surface area contributed by atoms with E-state index in [-0.39, 0.29) is 5.60 Å². The number of alkyl halides is 9. The van der Waals surface area contributed by atoms with Crippen molar-refractivity contribution in [1.29, 1.82) is 0 Å². The molecule has 3 N–H and O–H groups in total. The summed E-state index contributed by atoms with van der Waals surface area (Å²) in [5, 5.41) is 25.7. The lowest BCUT2D eigenvalue weighted by Gasteiger charge is -2.48. The highest BCUT2D eigenvalue weighted by Crippen LogP contribution is 2.32. The highest BCUT2D eigenvalue weighted by atomic mass is 19.4. The molecule has 1 aromatic heterocycles. The Morgan fingerprint density at radius 3 is 1.76 bits per heavy atom. The minimum atomic E-state index is -5.08. The summed E-state index contributed by atoms with van der Waals surface area (Å²) in [6.45, 7) is 5.90. The van der Waals surface area contributed by atoms with Gasteiger partial charge in [-0.2, -0.15) is 44.6 Å². The van der Waals surface area contributed by atoms with Gasteiger partial charge in [-0.3, -0.25) is 9.58 Å². The summed E-state index contributed by atoms with van der Waals surface area (Å²) in [6.07, 6.45) is -8.83. The predicted octanol–water partition coefficient (Wildman–Crippen LogP) is 4.19. The summed E-state index contributed by atoms with van der Waals surface area (Å²) in [5.41, 5.74) is 2.56. The van der Waals surface area contributed by atoms with E-state index in [1.54, 1.807) is 0 Å². The quantitative estimate of drug-likeness (QED) is 0.407. The molecule has 254 valence electrons. The van der Waals surface area contributed by atoms with Crippen molar-refractivity contribution in [3.8, 4) is 0 Å². The van der Waals surface area contributed by atoms with Crippen LogP contribution in [0.25, 0.3) is 0 Å². The van der Waals surface area contributed by atoms with E-state index in [1.807, 2.05) is 17.9 Å². The summed E-state index contributed by atoms with van der Waals surface area (Å²) in [7, 11) is 1.98. The molecule has 20 heteroatoms. The second-order valence-electron chi connectivity index (χ2n) is 9.53. The molecule has 0 amide bonds. The Balaban J connectivity index is 0.000000396. The Labute approximate surface area is 249 Å². The minimum absolute atomic E-state index is 0.0332. The molecule has 1 atom stereocenters. The number of morpholine rings is 1. The molecule has 2 aromatic rings. The molecule has 0 aliphatic carbocycles. The third-order valence-corrected chi connectivity index (χ3v) is 5.88. The van der Waals surface area contributed by atoms with E-state index < -0.39 is 36.4 Å². The zero-order valence-electron chi connectivity index (χ0n) is 23.4. The van der Waals surface area contributed by atoms with Gasteiger partial charge >= 0.3 is 36.4 Å². The van der Waals surface area contributed by atoms with E-state index in [0.717, 1.165) is 45.8 Å². The van der Waals surface area contributed by atoms with Crippen molar-refractivity contribution >= 4 is 23.6 Å². The predicted molar refractivity (Wildman–Crippen MR) is 136 cm³/mol. The second-order valence-corrected chi connectivity index (χ2v) is 9.53. The average molecular weight is 669 g/mol. The number of anilines is 1. The first-order valence-corrected chi connectivity index (χ1v) is 12.6. The largest absolute Gasteiger partial charge is 0.490 e. The summed E-state index contributed by atoms with van der Waals surface area (Å²) < 4.78 is 103. The van der Waals surface area contributed by atoms with Crippen LogP contribution in [-0.2, 0) is 32.7 Å². The Hall–Kier alpha value is -4.07. The zero-order chi connectivity index (χ0) is 34.6. The van der Waals surface area contributed by atoms with Gasteiger partial charge in [0.2, 0.25) is 0 Å². The van der Waals surface area contributed by atoms with E-state index in [2.05, 4.69) is 51.4 Å². The molecule has 2 fully saturated rings. The zero-order valence-corrected chi connectivity index (χ0v) is 23.4. The van der Waals surface area contributed by atoms with Crippen molar-refractivity contribution in [2.75, 3.05) is 37.7 Å². The van der Waals surface area contributed by atoms with E-state index >= 15 is 0 Å². The number of hydrogen-bond donors (Lipinski definition) is 3. The number of carboxylic acids is 3. The number of halogens is 9. The van der Waals surface area contributed by atoms with Gasteiger partial charge in [-0.15, -0.1) is 0 Å². The molecule has 1 unspecified atom stereocenters. The van der Waals surface area contributed by atoms with Crippen molar-refractivity contribution in [2.45, 2.75) is 43.5 Å². The first kappa shape index (κ1) is 39.0. The molecule has 1 spiro atoms. The van der Waals surface area contributed by atoms with Gasteiger partial charge in [-0.1, -0.05) is 18.2 Å². The number of carbonyl (C=O) groups is 3. The van der Waals surface area contributed by atoms with Crippen LogP contribution in [-0.4, -0.2) is 105 Å².